The number of aromatic nitrogens is 2. The lowest BCUT2D eigenvalue weighted by Gasteiger charge is -2.31. The normalized spacial score (nSPS) is 24.7. The number of aliphatic hydroxyl groups is 1. The van der Waals surface area contributed by atoms with E-state index in [-0.39, 0.29) is 92.3 Å². The third kappa shape index (κ3) is 27.0. The molecular formula is C59H92N20O15S4. The van der Waals surface area contributed by atoms with Crippen LogP contribution in [0.1, 0.15) is 83.9 Å². The fraction of sp³-hybridized carbons (Fsp3) is 0.610. The van der Waals surface area contributed by atoms with E-state index in [0.29, 0.717) is 30.5 Å². The Kier molecular flexibility index (Phi) is 33.5. The van der Waals surface area contributed by atoms with Crippen molar-refractivity contribution in [3.05, 3.63) is 48.0 Å². The summed E-state index contributed by atoms with van der Waals surface area (Å²) in [7, 11) is 3.65. The Morgan fingerprint density at radius 1 is 0.714 bits per heavy atom. The van der Waals surface area contributed by atoms with Crippen LogP contribution in [0.3, 0.4) is 0 Å². The Bertz CT molecular complexity index is 3110. The zero-order chi connectivity index (χ0) is 72.2. The van der Waals surface area contributed by atoms with Crippen molar-refractivity contribution in [3.8, 4) is 5.75 Å². The number of amides is 13. The number of hydrogen-bond acceptors (Lipinski definition) is 23. The largest absolute Gasteiger partial charge is 0.508 e. The van der Waals surface area contributed by atoms with Crippen molar-refractivity contribution in [2.75, 3.05) is 55.7 Å². The number of phenols is 1. The summed E-state index contributed by atoms with van der Waals surface area (Å²) in [5.41, 5.74) is 29.2. The maximum Gasteiger partial charge on any atom is 0.246 e. The first-order valence-electron chi connectivity index (χ1n) is 31.8. The molecule has 3 fully saturated rings. The number of guanidine groups is 1. The number of nitrogens with zero attached hydrogens (tertiary/aromatic N) is 3. The van der Waals surface area contributed by atoms with Gasteiger partial charge in [0.1, 0.15) is 66.2 Å². The van der Waals surface area contributed by atoms with Crippen molar-refractivity contribution >= 4 is 126 Å². The molecule has 12 atom stereocenters. The van der Waals surface area contributed by atoms with E-state index in [9.17, 15) is 72.5 Å². The van der Waals surface area contributed by atoms with Crippen molar-refractivity contribution < 1.29 is 72.5 Å². The average Bonchev–Trinajstić information content (AvgIpc) is 1.64. The zero-order valence-electron chi connectivity index (χ0n) is 54.8. The van der Waals surface area contributed by atoms with E-state index in [1.165, 1.54) is 36.8 Å². The lowest BCUT2D eigenvalue weighted by Crippen LogP contribution is -2.61. The number of H-pyrrole nitrogens is 1. The molecule has 2 aromatic rings. The molecule has 3 aliphatic rings. The van der Waals surface area contributed by atoms with Crippen LogP contribution in [-0.4, -0.2) is 236 Å². The lowest BCUT2D eigenvalue weighted by molar-refractivity contribution is -0.142. The summed E-state index contributed by atoms with van der Waals surface area (Å²) in [6.07, 6.45) is 1.88. The standard InChI is InChI=1S/C59H92N20O15S4/c1-29(2)16-37-52(88)76-42-26-98-96-25-41(50(86)68-21-45(82)70-38(17-31-10-12-33(80)13-11-31)53(89)71-36(51(87)72-37)9-5-6-14-60)75-55(91)43(77-57(93)47(30(3)4)78-46(83)22-67-49(85)35(61)8-7-15-66-59(63)64)27-97-95-24-40(48(62)84)74-56(92)44-19-34(81)23-79(44)58(94)39(73-54(42)90)18-32-20-65-28-69-32/h10-13,20,28-30,34-44,47,80-81H,5-9,14-19,21-27,60-61H2,1-4H3,(H2,62,84)(H,65,69)(H,67,85)(H,68,86)(H,70,82)(H,71,89)(H,72,87)(H,73,90)(H,74,92)(H,75,91)(H,76,88)(H,77,93)(H,78,83)(H4,63,64,66)/t34-,35-,36+,37+,38+,39+,40+,41+,42+,43+,44+,47+/m1/s1. The van der Waals surface area contributed by atoms with Crippen LogP contribution in [0, 0.1) is 11.8 Å². The molecule has 0 unspecified atom stereocenters. The summed E-state index contributed by atoms with van der Waals surface area (Å²) in [5, 5.41) is 49.8. The number of aliphatic imine (C=N–C) groups is 1. The van der Waals surface area contributed by atoms with E-state index in [2.05, 4.69) is 73.4 Å². The Morgan fingerprint density at radius 2 is 1.35 bits per heavy atom. The quantitative estimate of drug-likeness (QED) is 0.0226. The molecule has 1 aromatic carbocycles. The maximum atomic E-state index is 15.0. The molecule has 0 spiro atoms. The van der Waals surface area contributed by atoms with Crippen molar-refractivity contribution in [3.63, 3.8) is 0 Å². The Labute approximate surface area is 582 Å². The maximum absolute atomic E-state index is 15.0. The summed E-state index contributed by atoms with van der Waals surface area (Å²) in [4.78, 5) is 197. The summed E-state index contributed by atoms with van der Waals surface area (Å²) >= 11 is 0. The molecule has 542 valence electrons. The second kappa shape index (κ2) is 40.7. The molecule has 0 radical (unpaired) electrons. The SMILES string of the molecule is CC(C)C[C@@H]1NC(=O)[C@H](CCCCN)NC(=O)[C@H](Cc2ccc(O)cc2)NC(=O)CNC(=O)[C@@H]2CSSC[C@H](NC1=O)C(=O)N[C@@H](Cc1cnc[nH]1)C(=O)N1C[C@H](O)C[C@H]1C(=O)N[C@H](C(N)=O)CSSC[C@H](NC(=O)[C@@H](NC(=O)CNC(=O)[C@H](N)CCCN=C(N)N)C(C)C)C(=O)N2. The van der Waals surface area contributed by atoms with E-state index in [4.69, 9.17) is 28.7 Å². The number of rotatable bonds is 22. The van der Waals surface area contributed by atoms with Gasteiger partial charge in [-0.3, -0.25) is 67.3 Å². The van der Waals surface area contributed by atoms with Gasteiger partial charge in [-0.1, -0.05) is 83.0 Å². The number of phenolic OH excluding ortho intramolecular Hbond substituents is 1. The van der Waals surface area contributed by atoms with Crippen LogP contribution < -0.4 is 87.2 Å². The van der Waals surface area contributed by atoms with Gasteiger partial charge in [-0.25, -0.2) is 4.98 Å². The fourth-order valence-corrected chi connectivity index (χ4v) is 14.9. The van der Waals surface area contributed by atoms with Crippen LogP contribution in [0.15, 0.2) is 41.8 Å². The van der Waals surface area contributed by atoms with Crippen LogP contribution in [0.2, 0.25) is 0 Å². The van der Waals surface area contributed by atoms with Crippen molar-refractivity contribution in [2.45, 2.75) is 158 Å². The molecular weight excluding hydrogens is 1360 g/mol. The second-order valence-electron chi connectivity index (χ2n) is 24.3. The van der Waals surface area contributed by atoms with Gasteiger partial charge < -0.3 is 107 Å². The molecule has 3 saturated heterocycles. The number of nitrogens with two attached hydrogens (primary N) is 5. The van der Waals surface area contributed by atoms with Crippen LogP contribution in [0.4, 0.5) is 0 Å². The number of primary amides is 1. The summed E-state index contributed by atoms with van der Waals surface area (Å²) in [6.45, 7) is 5.31. The molecule has 5 rings (SSSR count). The number of nitrogens with one attached hydrogen (secondary N) is 12. The number of unbranched alkanes of at least 4 members (excludes halogenated alkanes) is 1. The Morgan fingerprint density at radius 3 is 1.99 bits per heavy atom. The molecule has 35 nitrogen and oxygen atoms in total. The van der Waals surface area contributed by atoms with Gasteiger partial charge in [-0.15, -0.1) is 0 Å². The molecule has 24 N–H and O–H groups in total. The molecule has 3 aliphatic heterocycles. The van der Waals surface area contributed by atoms with Gasteiger partial charge in [0.05, 0.1) is 31.6 Å². The zero-order valence-corrected chi connectivity index (χ0v) is 58.1. The third-order valence-electron chi connectivity index (χ3n) is 15.5. The fourth-order valence-electron chi connectivity index (χ4n) is 10.2. The number of aliphatic hydroxyl groups excluding tert-OH is 1. The molecule has 39 heteroatoms. The minimum absolute atomic E-state index is 0.000243. The number of benzene rings is 1. The Hall–Kier alpha value is -8.11. The van der Waals surface area contributed by atoms with E-state index >= 15 is 0 Å². The average molecular weight is 1450 g/mol. The minimum atomic E-state index is -1.61. The van der Waals surface area contributed by atoms with Gasteiger partial charge in [-0.2, -0.15) is 0 Å². The number of carbonyl (C=O) groups excluding carboxylic acids is 13. The highest BCUT2D eigenvalue weighted by atomic mass is 33.1. The topological polar surface area (TPSA) is 569 Å². The predicted molar refractivity (Wildman–Crippen MR) is 368 cm³/mol. The van der Waals surface area contributed by atoms with Gasteiger partial charge in [0.25, 0.3) is 0 Å². The first-order chi connectivity index (χ1) is 46.5. The van der Waals surface area contributed by atoms with Gasteiger partial charge in [-0.05, 0) is 74.6 Å². The van der Waals surface area contributed by atoms with Gasteiger partial charge in [0.2, 0.25) is 76.8 Å². The molecule has 4 heterocycles. The van der Waals surface area contributed by atoms with Gasteiger partial charge in [0.15, 0.2) is 5.96 Å². The van der Waals surface area contributed by atoms with Crippen LogP contribution in [0.5, 0.6) is 5.75 Å². The first-order valence-corrected chi connectivity index (χ1v) is 36.8. The summed E-state index contributed by atoms with van der Waals surface area (Å²) in [5.74, 6) is -14.2. The van der Waals surface area contributed by atoms with Gasteiger partial charge >= 0.3 is 0 Å². The molecule has 13 amide bonds. The van der Waals surface area contributed by atoms with E-state index in [1.807, 2.05) is 0 Å². The number of imidazole rings is 1. The molecule has 0 aliphatic carbocycles. The predicted octanol–water partition coefficient (Wildman–Crippen LogP) is -6.05. The van der Waals surface area contributed by atoms with Crippen LogP contribution in [0.25, 0.3) is 0 Å². The van der Waals surface area contributed by atoms with Gasteiger partial charge in [0, 0.05) is 67.3 Å². The van der Waals surface area contributed by atoms with Crippen molar-refractivity contribution in [1.82, 2.24) is 73.4 Å². The molecule has 98 heavy (non-hydrogen) atoms. The number of fused-ring (bicyclic) bond motifs is 6. The van der Waals surface area contributed by atoms with Crippen molar-refractivity contribution in [1.29, 1.82) is 0 Å². The molecule has 1 aromatic heterocycles. The minimum Gasteiger partial charge on any atom is -0.508 e. The molecule has 0 saturated carbocycles. The first kappa shape index (κ1) is 80.6. The van der Waals surface area contributed by atoms with Crippen LogP contribution in [-0.2, 0) is 75.2 Å². The highest BCUT2D eigenvalue weighted by molar-refractivity contribution is 8.77. The van der Waals surface area contributed by atoms with E-state index in [1.54, 1.807) is 27.7 Å². The summed E-state index contributed by atoms with van der Waals surface area (Å²) < 4.78 is 0. The van der Waals surface area contributed by atoms with E-state index < -0.39 is 175 Å². The molecule has 2 bridgehead atoms. The van der Waals surface area contributed by atoms with E-state index in [0.717, 1.165) is 48.1 Å². The highest BCUT2D eigenvalue weighted by Crippen LogP contribution is 2.27. The van der Waals surface area contributed by atoms with Crippen molar-refractivity contribution in [2.24, 2.45) is 45.5 Å². The lowest BCUT2D eigenvalue weighted by atomic mass is 10.0. The Balaban J connectivity index is 1.59. The third-order valence-corrected chi connectivity index (χ3v) is 20.3. The number of aromatic hydroxyl groups is 1. The monoisotopic (exact) mass is 1450 g/mol. The number of carbonyl (C=O) groups is 13. The number of aromatic amines is 1. The second-order valence-corrected chi connectivity index (χ2v) is 29.4. The number of hydrogen-bond donors (Lipinski definition) is 19. The van der Waals surface area contributed by atoms with Crippen LogP contribution >= 0.6 is 43.2 Å². The smallest absolute Gasteiger partial charge is 0.246 e. The highest BCUT2D eigenvalue weighted by Gasteiger charge is 2.44. The summed E-state index contributed by atoms with van der Waals surface area (Å²) in [6, 6.07) is -10.1.